The number of thioether (sulfide) groups is 2. The summed E-state index contributed by atoms with van der Waals surface area (Å²) in [7, 11) is 1.92. The van der Waals surface area contributed by atoms with Crippen LogP contribution in [0, 0.1) is 6.92 Å². The Balaban J connectivity index is 1.48. The van der Waals surface area contributed by atoms with Crippen LogP contribution in [0.25, 0.3) is 0 Å². The van der Waals surface area contributed by atoms with E-state index >= 15 is 0 Å². The van der Waals surface area contributed by atoms with E-state index < -0.39 is 0 Å². The molecule has 29 heavy (non-hydrogen) atoms. The van der Waals surface area contributed by atoms with Gasteiger partial charge in [-0.25, -0.2) is 0 Å². The van der Waals surface area contributed by atoms with Crippen LogP contribution >= 0.6 is 46.7 Å². The molecule has 3 rings (SSSR count). The summed E-state index contributed by atoms with van der Waals surface area (Å²) in [6.07, 6.45) is 0. The molecule has 1 heterocycles. The van der Waals surface area contributed by atoms with Crippen molar-refractivity contribution in [2.24, 2.45) is 7.05 Å². The third-order valence-corrected chi connectivity index (χ3v) is 6.48. The van der Waals surface area contributed by atoms with Crippen LogP contribution in [0.15, 0.2) is 47.6 Å². The molecule has 1 aromatic heterocycles. The number of nitrogens with zero attached hydrogens (tertiary/aromatic N) is 3. The molecule has 0 saturated carbocycles. The zero-order valence-corrected chi connectivity index (χ0v) is 19.1. The first-order valence-corrected chi connectivity index (χ1v) is 11.7. The number of nitrogens with one attached hydrogen (secondary N) is 1. The zero-order chi connectivity index (χ0) is 20.8. The van der Waals surface area contributed by atoms with Gasteiger partial charge in [0, 0.05) is 28.5 Å². The topological polar surface area (TPSA) is 59.8 Å². The summed E-state index contributed by atoms with van der Waals surface area (Å²) in [4.78, 5) is 12.2. The van der Waals surface area contributed by atoms with Crippen LogP contribution in [-0.2, 0) is 23.3 Å². The summed E-state index contributed by atoms with van der Waals surface area (Å²) in [6, 6.07) is 13.5. The number of aryl methyl sites for hydroxylation is 1. The maximum Gasteiger partial charge on any atom is 0.234 e. The molecule has 0 spiro atoms. The Labute approximate surface area is 188 Å². The van der Waals surface area contributed by atoms with Crippen molar-refractivity contribution in [3.8, 4) is 0 Å². The van der Waals surface area contributed by atoms with Gasteiger partial charge in [-0.15, -0.1) is 22.0 Å². The predicted molar refractivity (Wildman–Crippen MR) is 123 cm³/mol. The first-order chi connectivity index (χ1) is 13.9. The van der Waals surface area contributed by atoms with Gasteiger partial charge in [0.15, 0.2) is 5.16 Å². The summed E-state index contributed by atoms with van der Waals surface area (Å²) >= 11 is 15.0. The predicted octanol–water partition coefficient (Wildman–Crippen LogP) is 5.59. The van der Waals surface area contributed by atoms with Gasteiger partial charge in [0.05, 0.1) is 11.5 Å². The molecule has 0 aliphatic carbocycles. The molecule has 0 saturated heterocycles. The molecule has 3 aromatic rings. The molecule has 0 radical (unpaired) electrons. The lowest BCUT2D eigenvalue weighted by Crippen LogP contribution is -2.14. The molecule has 2 aromatic carbocycles. The van der Waals surface area contributed by atoms with Crippen LogP contribution in [0.1, 0.15) is 17.0 Å². The van der Waals surface area contributed by atoms with Crippen molar-refractivity contribution in [2.45, 2.75) is 23.6 Å². The molecule has 0 atom stereocenters. The molecule has 0 aliphatic heterocycles. The Morgan fingerprint density at radius 1 is 1.07 bits per heavy atom. The van der Waals surface area contributed by atoms with Crippen molar-refractivity contribution in [1.82, 2.24) is 14.8 Å². The number of carbonyl (C=O) groups excluding carboxylic acids is 1. The van der Waals surface area contributed by atoms with Crippen LogP contribution in [0.3, 0.4) is 0 Å². The summed E-state index contributed by atoms with van der Waals surface area (Å²) in [5.41, 5.74) is 3.12. The highest BCUT2D eigenvalue weighted by Gasteiger charge is 2.12. The van der Waals surface area contributed by atoms with E-state index in [0.29, 0.717) is 20.9 Å². The standard InChI is InChI=1S/C20H20Cl2N4OS2/c1-13-3-5-14(6-4-13)10-28-11-18-24-25-20(26(18)2)29-12-19(27)23-17-8-15(21)7-16(22)9-17/h3-9H,10-12H2,1-2H3,(H,23,27). The van der Waals surface area contributed by atoms with Crippen molar-refractivity contribution in [2.75, 3.05) is 11.1 Å². The summed E-state index contributed by atoms with van der Waals surface area (Å²) in [5, 5.41) is 12.9. The SMILES string of the molecule is Cc1ccc(CSCc2nnc(SCC(=O)Nc3cc(Cl)cc(Cl)c3)n2C)cc1. The fraction of sp³-hybridized carbons (Fsp3) is 0.250. The Morgan fingerprint density at radius 3 is 2.45 bits per heavy atom. The lowest BCUT2D eigenvalue weighted by atomic mass is 10.2. The van der Waals surface area contributed by atoms with E-state index in [1.54, 1.807) is 30.0 Å². The van der Waals surface area contributed by atoms with Gasteiger partial charge < -0.3 is 9.88 Å². The van der Waals surface area contributed by atoms with Crippen LogP contribution in [-0.4, -0.2) is 26.4 Å². The maximum atomic E-state index is 12.2. The number of carbonyl (C=O) groups is 1. The Morgan fingerprint density at radius 2 is 1.76 bits per heavy atom. The van der Waals surface area contributed by atoms with E-state index in [1.165, 1.54) is 22.9 Å². The quantitative estimate of drug-likeness (QED) is 0.438. The highest BCUT2D eigenvalue weighted by Crippen LogP contribution is 2.24. The third kappa shape index (κ3) is 6.67. The van der Waals surface area contributed by atoms with E-state index in [1.807, 2.05) is 11.6 Å². The minimum absolute atomic E-state index is 0.161. The van der Waals surface area contributed by atoms with Crippen molar-refractivity contribution >= 4 is 58.3 Å². The van der Waals surface area contributed by atoms with Crippen LogP contribution in [0.2, 0.25) is 10.0 Å². The second kappa shape index (κ2) is 10.4. The fourth-order valence-corrected chi connectivity index (χ4v) is 4.71. The normalized spacial score (nSPS) is 10.9. The minimum atomic E-state index is -0.161. The van der Waals surface area contributed by atoms with E-state index in [9.17, 15) is 4.79 Å². The second-order valence-electron chi connectivity index (χ2n) is 6.43. The Bertz CT molecular complexity index is 972. The summed E-state index contributed by atoms with van der Waals surface area (Å²) in [5.74, 6) is 2.61. The smallest absolute Gasteiger partial charge is 0.234 e. The molecule has 1 N–H and O–H groups in total. The van der Waals surface area contributed by atoms with E-state index in [4.69, 9.17) is 23.2 Å². The first-order valence-electron chi connectivity index (χ1n) is 8.81. The van der Waals surface area contributed by atoms with E-state index in [0.717, 1.165) is 17.3 Å². The highest BCUT2D eigenvalue weighted by molar-refractivity contribution is 7.99. The summed E-state index contributed by atoms with van der Waals surface area (Å²) < 4.78 is 1.93. The number of halogens is 2. The number of anilines is 1. The van der Waals surface area contributed by atoms with Crippen molar-refractivity contribution in [3.05, 3.63) is 69.5 Å². The molecule has 0 fully saturated rings. The van der Waals surface area contributed by atoms with Gasteiger partial charge in [0.1, 0.15) is 5.82 Å². The molecule has 0 unspecified atom stereocenters. The number of hydrogen-bond acceptors (Lipinski definition) is 5. The molecule has 1 amide bonds. The van der Waals surface area contributed by atoms with Crippen LogP contribution in [0.5, 0.6) is 0 Å². The molecule has 0 aliphatic rings. The van der Waals surface area contributed by atoms with Crippen molar-refractivity contribution < 1.29 is 4.79 Å². The summed E-state index contributed by atoms with van der Waals surface area (Å²) in [6.45, 7) is 2.08. The molecular formula is C20H20Cl2N4OS2. The molecule has 0 bridgehead atoms. The molecule has 9 heteroatoms. The number of benzene rings is 2. The van der Waals surface area contributed by atoms with Gasteiger partial charge in [-0.3, -0.25) is 4.79 Å². The molecular weight excluding hydrogens is 447 g/mol. The maximum absolute atomic E-state index is 12.2. The van der Waals surface area contributed by atoms with Gasteiger partial charge in [-0.1, -0.05) is 64.8 Å². The lowest BCUT2D eigenvalue weighted by Gasteiger charge is -2.07. The van der Waals surface area contributed by atoms with Gasteiger partial charge in [0.2, 0.25) is 5.91 Å². The van der Waals surface area contributed by atoms with Crippen LogP contribution in [0.4, 0.5) is 5.69 Å². The van der Waals surface area contributed by atoms with E-state index in [2.05, 4.69) is 46.7 Å². The third-order valence-electron chi connectivity index (χ3n) is 4.02. The average molecular weight is 467 g/mol. The monoisotopic (exact) mass is 466 g/mol. The van der Waals surface area contributed by atoms with Gasteiger partial charge in [-0.05, 0) is 30.7 Å². The molecule has 5 nitrogen and oxygen atoms in total. The number of aromatic nitrogens is 3. The molecule has 152 valence electrons. The van der Waals surface area contributed by atoms with Crippen molar-refractivity contribution in [1.29, 1.82) is 0 Å². The van der Waals surface area contributed by atoms with Gasteiger partial charge in [-0.2, -0.15) is 0 Å². The average Bonchev–Trinajstić information content (AvgIpc) is 3.01. The van der Waals surface area contributed by atoms with Crippen LogP contribution < -0.4 is 5.32 Å². The Kier molecular flexibility index (Phi) is 7.89. The van der Waals surface area contributed by atoms with Gasteiger partial charge >= 0.3 is 0 Å². The number of amides is 1. The lowest BCUT2D eigenvalue weighted by molar-refractivity contribution is -0.113. The van der Waals surface area contributed by atoms with Crippen molar-refractivity contribution in [3.63, 3.8) is 0 Å². The number of rotatable bonds is 8. The number of hydrogen-bond donors (Lipinski definition) is 1. The van der Waals surface area contributed by atoms with E-state index in [-0.39, 0.29) is 11.7 Å². The second-order valence-corrected chi connectivity index (χ2v) is 9.23. The first kappa shape index (κ1) is 22.0. The Hall–Kier alpha value is -1.67. The minimum Gasteiger partial charge on any atom is -0.325 e. The van der Waals surface area contributed by atoms with Gasteiger partial charge in [0.25, 0.3) is 0 Å². The largest absolute Gasteiger partial charge is 0.325 e. The zero-order valence-electron chi connectivity index (χ0n) is 16.0. The highest BCUT2D eigenvalue weighted by atomic mass is 35.5. The fourth-order valence-electron chi connectivity index (χ4n) is 2.49.